The van der Waals surface area contributed by atoms with Crippen LogP contribution in [0.1, 0.15) is 33.3 Å². The summed E-state index contributed by atoms with van der Waals surface area (Å²) in [6.07, 6.45) is 0. The van der Waals surface area contributed by atoms with Crippen molar-refractivity contribution in [2.45, 2.75) is 38.7 Å². The molecule has 0 radical (unpaired) electrons. The van der Waals surface area contributed by atoms with Gasteiger partial charge in [-0.1, -0.05) is 19.9 Å². The van der Waals surface area contributed by atoms with Gasteiger partial charge in [0, 0.05) is 32.7 Å². The van der Waals surface area contributed by atoms with E-state index in [1.54, 1.807) is 14.2 Å². The van der Waals surface area contributed by atoms with Gasteiger partial charge in [0.25, 0.3) is 0 Å². The number of nitrogens with zero attached hydrogens (tertiary/aromatic N) is 1. The van der Waals surface area contributed by atoms with Gasteiger partial charge in [-0.3, -0.25) is 4.99 Å². The number of aliphatic imine (C=N–C) groups is 1. The number of hydrogen-bond acceptors (Lipinski definition) is 4. The maximum atomic E-state index is 5.48. The highest BCUT2D eigenvalue weighted by atomic mass is 127. The predicted molar refractivity (Wildman–Crippen MR) is 111 cm³/mol. The fourth-order valence-corrected chi connectivity index (χ4v) is 2.31. The molecular weight excluding hydrogens is 433 g/mol. The third-order valence-electron chi connectivity index (χ3n) is 4.31. The molecule has 2 rings (SSSR count). The van der Waals surface area contributed by atoms with Gasteiger partial charge in [-0.25, -0.2) is 0 Å². The molecule has 0 amide bonds. The van der Waals surface area contributed by atoms with E-state index in [4.69, 9.17) is 14.2 Å². The van der Waals surface area contributed by atoms with E-state index in [0.29, 0.717) is 13.3 Å². The van der Waals surface area contributed by atoms with E-state index >= 15 is 0 Å². The second kappa shape index (κ2) is 8.93. The summed E-state index contributed by atoms with van der Waals surface area (Å²) in [5.74, 6) is 2.38. The van der Waals surface area contributed by atoms with Crippen molar-refractivity contribution in [3.8, 4) is 11.5 Å². The maximum absolute atomic E-state index is 5.48. The van der Waals surface area contributed by atoms with Crippen LogP contribution in [0.25, 0.3) is 0 Å². The highest BCUT2D eigenvalue weighted by Gasteiger charge is 2.24. The first kappa shape index (κ1) is 21.8. The van der Waals surface area contributed by atoms with Crippen molar-refractivity contribution >= 4 is 29.9 Å². The van der Waals surface area contributed by atoms with E-state index in [0.717, 1.165) is 24.0 Å². The number of guanidine groups is 1. The zero-order valence-electron chi connectivity index (χ0n) is 15.9. The number of ether oxygens (including phenoxy) is 3. The lowest BCUT2D eigenvalue weighted by atomic mass is 9.84. The summed E-state index contributed by atoms with van der Waals surface area (Å²) < 4.78 is 16.3. The van der Waals surface area contributed by atoms with E-state index in [2.05, 4.69) is 35.5 Å². The van der Waals surface area contributed by atoms with Crippen molar-refractivity contribution in [1.82, 2.24) is 10.6 Å². The Labute approximate surface area is 167 Å². The number of fused-ring (bicyclic) bond motifs is 1. The molecule has 0 bridgehead atoms. The average Bonchev–Trinajstić information content (AvgIpc) is 3.02. The highest BCUT2D eigenvalue weighted by molar-refractivity contribution is 14.0. The van der Waals surface area contributed by atoms with Crippen LogP contribution in [0.2, 0.25) is 0 Å². The van der Waals surface area contributed by atoms with Crippen LogP contribution in [0.3, 0.4) is 0 Å². The molecule has 1 heterocycles. The van der Waals surface area contributed by atoms with E-state index < -0.39 is 0 Å². The summed E-state index contributed by atoms with van der Waals surface area (Å²) in [6, 6.07) is 6.10. The number of nitrogens with one attached hydrogen (secondary N) is 2. The molecule has 25 heavy (non-hydrogen) atoms. The Hall–Kier alpha value is -1.22. The summed E-state index contributed by atoms with van der Waals surface area (Å²) in [5.41, 5.74) is 0.853. The molecule has 1 aliphatic rings. The van der Waals surface area contributed by atoms with Crippen molar-refractivity contribution < 1.29 is 14.2 Å². The second-order valence-electron chi connectivity index (χ2n) is 7.20. The van der Waals surface area contributed by atoms with Crippen LogP contribution in [0.4, 0.5) is 0 Å². The number of hydrogen-bond donors (Lipinski definition) is 2. The lowest BCUT2D eigenvalue weighted by molar-refractivity contribution is 0.0268. The smallest absolute Gasteiger partial charge is 0.231 e. The Kier molecular flexibility index (Phi) is 7.80. The quantitative estimate of drug-likeness (QED) is 0.386. The van der Waals surface area contributed by atoms with E-state index in [1.807, 2.05) is 26.0 Å². The Morgan fingerprint density at radius 1 is 1.12 bits per heavy atom. The molecule has 0 aliphatic carbocycles. The summed E-state index contributed by atoms with van der Waals surface area (Å²) in [4.78, 5) is 4.27. The van der Waals surface area contributed by atoms with E-state index in [-0.39, 0.29) is 35.0 Å². The lowest BCUT2D eigenvalue weighted by Crippen LogP contribution is -2.48. The molecule has 1 aliphatic heterocycles. The zero-order chi connectivity index (χ0) is 17.8. The van der Waals surface area contributed by atoms with Crippen molar-refractivity contribution in [2.24, 2.45) is 4.99 Å². The summed E-state index contributed by atoms with van der Waals surface area (Å²) in [5, 5.41) is 6.68. The molecule has 142 valence electrons. The Bertz CT molecular complexity index is 603. The summed E-state index contributed by atoms with van der Waals surface area (Å²) in [7, 11) is 3.48. The molecule has 0 spiro atoms. The third-order valence-corrected chi connectivity index (χ3v) is 4.31. The molecule has 6 nitrogen and oxygen atoms in total. The van der Waals surface area contributed by atoms with Crippen LogP contribution >= 0.6 is 24.0 Å². The molecule has 0 fully saturated rings. The molecule has 7 heteroatoms. The number of benzene rings is 1. The second-order valence-corrected chi connectivity index (χ2v) is 7.20. The van der Waals surface area contributed by atoms with Gasteiger partial charge >= 0.3 is 0 Å². The standard InChI is InChI=1S/C18H29N3O3.HI/c1-17(2,13-7-8-14-15(9-13)24-12-23-14)10-20-16(19-5)21-11-18(3,4)22-6;/h7-9H,10-12H2,1-6H3,(H2,19,20,21);1H. The average molecular weight is 463 g/mol. The molecule has 1 aromatic carbocycles. The van der Waals surface area contributed by atoms with Crippen LogP contribution in [-0.4, -0.2) is 45.6 Å². The SMILES string of the molecule is CN=C(NCC(C)(C)OC)NCC(C)(C)c1ccc2c(c1)OCO2.I. The molecule has 1 aromatic rings. The molecular formula is C18H30IN3O3. The molecule has 0 saturated heterocycles. The van der Waals surface area contributed by atoms with Gasteiger partial charge in [0.15, 0.2) is 17.5 Å². The first-order valence-electron chi connectivity index (χ1n) is 8.17. The molecule has 0 unspecified atom stereocenters. The van der Waals surface area contributed by atoms with Crippen LogP contribution in [0, 0.1) is 0 Å². The van der Waals surface area contributed by atoms with Gasteiger partial charge in [-0.15, -0.1) is 24.0 Å². The predicted octanol–water partition coefficient (Wildman–Crippen LogP) is 2.90. The summed E-state index contributed by atoms with van der Waals surface area (Å²) in [6.45, 7) is 10.1. The third kappa shape index (κ3) is 5.91. The number of rotatable bonds is 6. The number of methoxy groups -OCH3 is 1. The lowest BCUT2D eigenvalue weighted by Gasteiger charge is -2.28. The maximum Gasteiger partial charge on any atom is 0.231 e. The fraction of sp³-hybridized carbons (Fsp3) is 0.611. The normalized spacial score (nSPS) is 14.1. The largest absolute Gasteiger partial charge is 0.454 e. The van der Waals surface area contributed by atoms with Gasteiger partial charge in [-0.2, -0.15) is 0 Å². The van der Waals surface area contributed by atoms with Crippen LogP contribution in [-0.2, 0) is 10.2 Å². The minimum Gasteiger partial charge on any atom is -0.454 e. The Morgan fingerprint density at radius 2 is 1.76 bits per heavy atom. The number of halogens is 1. The van der Waals surface area contributed by atoms with Gasteiger partial charge in [0.1, 0.15) is 0 Å². The van der Waals surface area contributed by atoms with Crippen molar-refractivity contribution in [3.05, 3.63) is 23.8 Å². The van der Waals surface area contributed by atoms with Gasteiger partial charge in [-0.05, 0) is 31.5 Å². The van der Waals surface area contributed by atoms with Crippen molar-refractivity contribution in [3.63, 3.8) is 0 Å². The molecule has 0 aromatic heterocycles. The van der Waals surface area contributed by atoms with Gasteiger partial charge in [0.05, 0.1) is 5.60 Å². The molecule has 2 N–H and O–H groups in total. The van der Waals surface area contributed by atoms with E-state index in [1.165, 1.54) is 5.56 Å². The minimum absolute atomic E-state index is 0. The monoisotopic (exact) mass is 463 g/mol. The minimum atomic E-state index is -0.246. The first-order valence-corrected chi connectivity index (χ1v) is 8.17. The zero-order valence-corrected chi connectivity index (χ0v) is 18.3. The van der Waals surface area contributed by atoms with Crippen molar-refractivity contribution in [2.75, 3.05) is 34.0 Å². The van der Waals surface area contributed by atoms with Crippen molar-refractivity contribution in [1.29, 1.82) is 0 Å². The van der Waals surface area contributed by atoms with Crippen LogP contribution < -0.4 is 20.1 Å². The van der Waals surface area contributed by atoms with Crippen LogP contribution in [0.5, 0.6) is 11.5 Å². The Morgan fingerprint density at radius 3 is 2.40 bits per heavy atom. The molecule has 0 atom stereocenters. The topological polar surface area (TPSA) is 64.1 Å². The summed E-state index contributed by atoms with van der Waals surface area (Å²) >= 11 is 0. The van der Waals surface area contributed by atoms with E-state index in [9.17, 15) is 0 Å². The van der Waals surface area contributed by atoms with Crippen LogP contribution in [0.15, 0.2) is 23.2 Å². The van der Waals surface area contributed by atoms with Gasteiger partial charge in [0.2, 0.25) is 6.79 Å². The first-order chi connectivity index (χ1) is 11.3. The highest BCUT2D eigenvalue weighted by Crippen LogP contribution is 2.36. The molecule has 0 saturated carbocycles. The Balaban J connectivity index is 0.00000312. The van der Waals surface area contributed by atoms with Gasteiger partial charge < -0.3 is 24.8 Å². The fourth-order valence-electron chi connectivity index (χ4n) is 2.31.